The summed E-state index contributed by atoms with van der Waals surface area (Å²) in [5, 5.41) is 9.10. The molecule has 0 radical (unpaired) electrons. The van der Waals surface area contributed by atoms with Crippen molar-refractivity contribution in [2.75, 3.05) is 12.4 Å². The first-order chi connectivity index (χ1) is 10.4. The van der Waals surface area contributed by atoms with E-state index >= 15 is 0 Å². The monoisotopic (exact) mass is 434 g/mol. The van der Waals surface area contributed by atoms with Crippen LogP contribution in [-0.4, -0.2) is 35.1 Å². The second-order valence-electron chi connectivity index (χ2n) is 4.16. The number of hydrogen-bond acceptors (Lipinski definition) is 6. The van der Waals surface area contributed by atoms with Crippen molar-refractivity contribution >= 4 is 56.7 Å². The molecule has 22 heavy (non-hydrogen) atoms. The van der Waals surface area contributed by atoms with Gasteiger partial charge in [-0.2, -0.15) is 5.10 Å². The Morgan fingerprint density at radius 2 is 2.14 bits per heavy atom. The third-order valence-electron chi connectivity index (χ3n) is 2.81. The van der Waals surface area contributed by atoms with Gasteiger partial charge in [0.1, 0.15) is 10.7 Å². The van der Waals surface area contributed by atoms with E-state index in [0.717, 1.165) is 11.3 Å². The number of halogens is 1. The Morgan fingerprint density at radius 1 is 1.45 bits per heavy atom. The van der Waals surface area contributed by atoms with Crippen LogP contribution in [0.15, 0.2) is 6.20 Å². The number of carbonyl (C=O) groups is 3. The van der Waals surface area contributed by atoms with Crippen LogP contribution in [0.1, 0.15) is 36.1 Å². The molecule has 116 valence electrons. The van der Waals surface area contributed by atoms with Crippen LogP contribution in [0, 0.1) is 10.5 Å². The second kappa shape index (κ2) is 6.44. The van der Waals surface area contributed by atoms with E-state index in [1.165, 1.54) is 13.3 Å². The largest absolute Gasteiger partial charge is 0.465 e. The molecule has 8 nitrogen and oxygen atoms in total. The molecule has 2 heterocycles. The number of anilines is 1. The number of ether oxygens (including phenoxy) is 1. The van der Waals surface area contributed by atoms with Crippen molar-refractivity contribution < 1.29 is 19.1 Å². The van der Waals surface area contributed by atoms with Crippen LogP contribution in [0.5, 0.6) is 0 Å². The molecule has 0 saturated carbocycles. The van der Waals surface area contributed by atoms with Crippen molar-refractivity contribution in [3.05, 3.63) is 31.5 Å². The van der Waals surface area contributed by atoms with Crippen LogP contribution in [0.25, 0.3) is 0 Å². The summed E-state index contributed by atoms with van der Waals surface area (Å²) >= 11 is 2.87. The summed E-state index contributed by atoms with van der Waals surface area (Å²) in [5.41, 5.74) is 6.02. The van der Waals surface area contributed by atoms with Gasteiger partial charge in [-0.1, -0.05) is 0 Å². The summed E-state index contributed by atoms with van der Waals surface area (Å²) in [6.45, 7) is 1.57. The number of rotatable bonds is 4. The summed E-state index contributed by atoms with van der Waals surface area (Å²) in [4.78, 5) is 35.7. The molecule has 0 spiro atoms. The first-order valence-corrected chi connectivity index (χ1v) is 7.78. The smallest absolute Gasteiger partial charge is 0.341 e. The van der Waals surface area contributed by atoms with Crippen molar-refractivity contribution in [3.63, 3.8) is 0 Å². The molecule has 10 heteroatoms. The molecule has 4 N–H and O–H groups in total. The van der Waals surface area contributed by atoms with Crippen LogP contribution in [0.2, 0.25) is 0 Å². The molecule has 0 aliphatic rings. The van der Waals surface area contributed by atoms with Gasteiger partial charge in [-0.3, -0.25) is 14.7 Å². The molecule has 2 aromatic rings. The Morgan fingerprint density at radius 3 is 2.64 bits per heavy atom. The number of amides is 2. The third kappa shape index (κ3) is 2.97. The van der Waals surface area contributed by atoms with E-state index in [4.69, 9.17) is 5.73 Å². The minimum absolute atomic E-state index is 0.115. The Balaban J connectivity index is 2.44. The molecule has 0 atom stereocenters. The van der Waals surface area contributed by atoms with Gasteiger partial charge in [0.2, 0.25) is 0 Å². The highest BCUT2D eigenvalue weighted by Gasteiger charge is 2.26. The lowest BCUT2D eigenvalue weighted by atomic mass is 10.1. The molecule has 0 aromatic carbocycles. The van der Waals surface area contributed by atoms with Crippen molar-refractivity contribution in [3.8, 4) is 0 Å². The highest BCUT2D eigenvalue weighted by Crippen LogP contribution is 2.33. The Bertz CT molecular complexity index is 767. The molecule has 0 bridgehead atoms. The number of aromatic nitrogens is 2. The lowest BCUT2D eigenvalue weighted by Gasteiger charge is -2.05. The highest BCUT2D eigenvalue weighted by atomic mass is 127. The van der Waals surface area contributed by atoms with E-state index in [-0.39, 0.29) is 21.1 Å². The fourth-order valence-corrected chi connectivity index (χ4v) is 3.33. The van der Waals surface area contributed by atoms with E-state index < -0.39 is 17.8 Å². The number of thiophene rings is 1. The van der Waals surface area contributed by atoms with E-state index in [0.29, 0.717) is 9.13 Å². The Hall–Kier alpha value is -1.95. The van der Waals surface area contributed by atoms with Gasteiger partial charge in [0.15, 0.2) is 0 Å². The Labute approximate surface area is 142 Å². The molecule has 0 fully saturated rings. The number of aromatic amines is 1. The van der Waals surface area contributed by atoms with Crippen molar-refractivity contribution in [2.45, 2.75) is 6.92 Å². The number of primary amides is 1. The molecule has 2 amide bonds. The maximum Gasteiger partial charge on any atom is 0.341 e. The average Bonchev–Trinajstić information content (AvgIpc) is 3.02. The first-order valence-electron chi connectivity index (χ1n) is 5.88. The predicted molar refractivity (Wildman–Crippen MR) is 88.2 cm³/mol. The number of nitrogens with two attached hydrogens (primary N) is 1. The summed E-state index contributed by atoms with van der Waals surface area (Å²) < 4.78 is 5.31. The first kappa shape index (κ1) is 16.4. The molecule has 0 saturated heterocycles. The summed E-state index contributed by atoms with van der Waals surface area (Å²) in [5.74, 6) is -1.82. The van der Waals surface area contributed by atoms with Gasteiger partial charge < -0.3 is 15.8 Å². The van der Waals surface area contributed by atoms with E-state index in [2.05, 4.69) is 20.3 Å². The lowest BCUT2D eigenvalue weighted by molar-refractivity contribution is 0.0601. The topological polar surface area (TPSA) is 127 Å². The van der Waals surface area contributed by atoms with Crippen LogP contribution in [0.3, 0.4) is 0 Å². The number of carbonyl (C=O) groups excluding carboxylic acids is 3. The number of nitrogens with zero attached hydrogens (tertiary/aromatic N) is 1. The van der Waals surface area contributed by atoms with Crippen molar-refractivity contribution in [1.82, 2.24) is 10.2 Å². The number of hydrogen-bond donors (Lipinski definition) is 3. The summed E-state index contributed by atoms with van der Waals surface area (Å²) in [6, 6.07) is 0. The van der Waals surface area contributed by atoms with Gasteiger partial charge in [-0.15, -0.1) is 11.3 Å². The number of nitrogens with one attached hydrogen (secondary N) is 2. The zero-order valence-corrected chi connectivity index (χ0v) is 14.5. The molecular weight excluding hydrogens is 423 g/mol. The van der Waals surface area contributed by atoms with Gasteiger partial charge in [-0.25, -0.2) is 4.79 Å². The average molecular weight is 434 g/mol. The van der Waals surface area contributed by atoms with Gasteiger partial charge in [0.25, 0.3) is 11.8 Å². The van der Waals surface area contributed by atoms with Crippen LogP contribution in [0.4, 0.5) is 5.00 Å². The Kier molecular flexibility index (Phi) is 4.81. The zero-order chi connectivity index (χ0) is 16.4. The molecule has 0 aliphatic heterocycles. The fourth-order valence-electron chi connectivity index (χ4n) is 1.78. The van der Waals surface area contributed by atoms with Gasteiger partial charge in [-0.05, 0) is 35.1 Å². The van der Waals surface area contributed by atoms with Crippen molar-refractivity contribution in [1.29, 1.82) is 0 Å². The molecular formula is C12H11IN4O4S. The second-order valence-corrected chi connectivity index (χ2v) is 6.35. The summed E-state index contributed by atoms with van der Waals surface area (Å²) in [6.07, 6.45) is 1.49. The fraction of sp³-hybridized carbons (Fsp3) is 0.167. The number of methoxy groups -OCH3 is 1. The zero-order valence-electron chi connectivity index (χ0n) is 11.5. The van der Waals surface area contributed by atoms with Crippen molar-refractivity contribution in [2.24, 2.45) is 5.73 Å². The van der Waals surface area contributed by atoms with Crippen LogP contribution < -0.4 is 11.1 Å². The molecule has 0 unspecified atom stereocenters. The molecule has 0 aliphatic carbocycles. The SMILES string of the molecule is COC(=O)c1c(NC(=O)c2[nH]ncc2I)sc(C(N)=O)c1C. The minimum Gasteiger partial charge on any atom is -0.465 e. The molecule has 2 aromatic heterocycles. The van der Waals surface area contributed by atoms with E-state index in [1.54, 1.807) is 6.92 Å². The predicted octanol–water partition coefficient (Wildman–Crippen LogP) is 1.52. The van der Waals surface area contributed by atoms with Gasteiger partial charge in [0, 0.05) is 0 Å². The maximum absolute atomic E-state index is 12.2. The minimum atomic E-state index is -0.677. The number of esters is 1. The third-order valence-corrected chi connectivity index (χ3v) is 4.85. The van der Waals surface area contributed by atoms with Crippen LogP contribution in [-0.2, 0) is 4.74 Å². The van der Waals surface area contributed by atoms with E-state index in [1.807, 2.05) is 22.6 Å². The van der Waals surface area contributed by atoms with Gasteiger partial charge in [0.05, 0.1) is 27.3 Å². The summed E-state index contributed by atoms with van der Waals surface area (Å²) in [7, 11) is 1.22. The lowest BCUT2D eigenvalue weighted by Crippen LogP contribution is -2.15. The van der Waals surface area contributed by atoms with Crippen LogP contribution >= 0.6 is 33.9 Å². The normalized spacial score (nSPS) is 10.3. The number of H-pyrrole nitrogens is 1. The van der Waals surface area contributed by atoms with Gasteiger partial charge >= 0.3 is 5.97 Å². The molecule has 2 rings (SSSR count). The highest BCUT2D eigenvalue weighted by molar-refractivity contribution is 14.1. The van der Waals surface area contributed by atoms with E-state index in [9.17, 15) is 14.4 Å². The standard InChI is InChI=1S/C12H11IN4O4S/c1-4-6(12(20)21-2)11(22-8(4)9(14)18)16-10(19)7-5(13)3-15-17-7/h3H,1-2H3,(H2,14,18)(H,15,17)(H,16,19). The quantitative estimate of drug-likeness (QED) is 0.497. The maximum atomic E-state index is 12.2.